The number of Topliss-reactive ketones (excluding diaryl/α,β-unsaturated/α-hetero) is 2. The maximum absolute atomic E-state index is 12.6. The summed E-state index contributed by atoms with van der Waals surface area (Å²) >= 11 is 4.38. The molecule has 4 heteroatoms. The molecule has 2 rings (SSSR count). The van der Waals surface area contributed by atoms with E-state index in [1.54, 1.807) is 38.1 Å². The predicted molar refractivity (Wildman–Crippen MR) is 101 cm³/mol. The van der Waals surface area contributed by atoms with Gasteiger partial charge >= 0.3 is 0 Å². The summed E-state index contributed by atoms with van der Waals surface area (Å²) in [6.45, 7) is 3.38. The van der Waals surface area contributed by atoms with E-state index in [-0.39, 0.29) is 11.6 Å². The van der Waals surface area contributed by atoms with E-state index in [2.05, 4.69) is 45.2 Å². The molecule has 2 aromatic carbocycles. The lowest BCUT2D eigenvalue weighted by Gasteiger charge is -2.22. The van der Waals surface area contributed by atoms with Crippen LogP contribution in [-0.4, -0.2) is 11.6 Å². The standard InChI is InChI=1S/C17H14I2O2/c1-17(2,15(20)11-3-7-13(18)8-4-11)16(21)12-5-9-14(19)10-6-12/h3-10H,1-2H3. The van der Waals surface area contributed by atoms with E-state index < -0.39 is 5.41 Å². The van der Waals surface area contributed by atoms with Crippen molar-refractivity contribution in [3.05, 3.63) is 66.8 Å². The fourth-order valence-electron chi connectivity index (χ4n) is 2.03. The molecule has 0 aliphatic carbocycles. The third-order valence-electron chi connectivity index (χ3n) is 3.35. The molecule has 2 aromatic rings. The Morgan fingerprint density at radius 3 is 1.29 bits per heavy atom. The minimum Gasteiger partial charge on any atom is -0.293 e. The van der Waals surface area contributed by atoms with E-state index in [1.807, 2.05) is 24.3 Å². The zero-order valence-corrected chi connectivity index (χ0v) is 16.0. The van der Waals surface area contributed by atoms with E-state index in [0.717, 1.165) is 7.14 Å². The number of hydrogen-bond acceptors (Lipinski definition) is 2. The third-order valence-corrected chi connectivity index (χ3v) is 4.79. The van der Waals surface area contributed by atoms with Gasteiger partial charge in [0.2, 0.25) is 0 Å². The van der Waals surface area contributed by atoms with Crippen LogP contribution in [-0.2, 0) is 0 Å². The van der Waals surface area contributed by atoms with Crippen molar-refractivity contribution in [2.75, 3.05) is 0 Å². The van der Waals surface area contributed by atoms with Gasteiger partial charge in [0.25, 0.3) is 0 Å². The Morgan fingerprint density at radius 2 is 1.00 bits per heavy atom. The predicted octanol–water partition coefficient (Wildman–Crippen LogP) is 4.99. The monoisotopic (exact) mass is 504 g/mol. The summed E-state index contributed by atoms with van der Waals surface area (Å²) in [5.41, 5.74) is 0.0677. The van der Waals surface area contributed by atoms with Gasteiger partial charge in [-0.25, -0.2) is 0 Å². The van der Waals surface area contributed by atoms with Gasteiger partial charge in [-0.15, -0.1) is 0 Å². The molecule has 2 nitrogen and oxygen atoms in total. The molecule has 0 spiro atoms. The zero-order chi connectivity index (χ0) is 15.6. The highest BCUT2D eigenvalue weighted by molar-refractivity contribution is 14.1. The molecule has 0 bridgehead atoms. The summed E-state index contributed by atoms with van der Waals surface area (Å²) in [6.07, 6.45) is 0. The molecule has 0 aliphatic heterocycles. The van der Waals surface area contributed by atoms with Crippen LogP contribution in [0.25, 0.3) is 0 Å². The van der Waals surface area contributed by atoms with Crippen LogP contribution < -0.4 is 0 Å². The molecule has 0 aromatic heterocycles. The van der Waals surface area contributed by atoms with Crippen molar-refractivity contribution in [2.24, 2.45) is 5.41 Å². The van der Waals surface area contributed by atoms with Crippen molar-refractivity contribution in [1.82, 2.24) is 0 Å². The van der Waals surface area contributed by atoms with Crippen LogP contribution in [0.5, 0.6) is 0 Å². The maximum atomic E-state index is 12.6. The third kappa shape index (κ3) is 3.71. The Balaban J connectivity index is 2.32. The van der Waals surface area contributed by atoms with E-state index >= 15 is 0 Å². The largest absolute Gasteiger partial charge is 0.293 e. The van der Waals surface area contributed by atoms with Gasteiger partial charge in [-0.2, -0.15) is 0 Å². The molecule has 0 N–H and O–H groups in total. The second-order valence-corrected chi connectivity index (χ2v) is 7.79. The molecule has 0 aliphatic rings. The second kappa shape index (κ2) is 6.56. The van der Waals surface area contributed by atoms with Crippen molar-refractivity contribution in [3.63, 3.8) is 0 Å². The highest BCUT2D eigenvalue weighted by Crippen LogP contribution is 2.27. The fourth-order valence-corrected chi connectivity index (χ4v) is 2.75. The normalized spacial score (nSPS) is 11.2. The summed E-state index contributed by atoms with van der Waals surface area (Å²) in [6, 6.07) is 14.6. The average Bonchev–Trinajstić information content (AvgIpc) is 2.47. The molecule has 0 unspecified atom stereocenters. The molecule has 0 saturated heterocycles. The number of rotatable bonds is 4. The lowest BCUT2D eigenvalue weighted by atomic mass is 9.78. The van der Waals surface area contributed by atoms with Crippen molar-refractivity contribution in [2.45, 2.75) is 13.8 Å². The number of ketones is 2. The maximum Gasteiger partial charge on any atom is 0.176 e. The van der Waals surface area contributed by atoms with Crippen LogP contribution in [0.1, 0.15) is 34.6 Å². The Hall–Kier alpha value is -0.760. The first-order chi connectivity index (χ1) is 9.82. The number of carbonyl (C=O) groups is 2. The molecule has 0 atom stereocenters. The smallest absolute Gasteiger partial charge is 0.176 e. The Labute approximate surface area is 151 Å². The number of hydrogen-bond donors (Lipinski definition) is 0. The van der Waals surface area contributed by atoms with Gasteiger partial charge in [0.15, 0.2) is 11.6 Å². The van der Waals surface area contributed by atoms with Gasteiger partial charge in [-0.1, -0.05) is 24.3 Å². The Morgan fingerprint density at radius 1 is 0.714 bits per heavy atom. The molecule has 0 saturated carbocycles. The van der Waals surface area contributed by atoms with E-state index in [9.17, 15) is 9.59 Å². The number of carbonyl (C=O) groups excluding carboxylic acids is 2. The summed E-state index contributed by atoms with van der Waals surface area (Å²) in [4.78, 5) is 25.3. The quantitative estimate of drug-likeness (QED) is 0.335. The molecule has 21 heavy (non-hydrogen) atoms. The van der Waals surface area contributed by atoms with E-state index in [4.69, 9.17) is 0 Å². The minimum atomic E-state index is -1.07. The van der Waals surface area contributed by atoms with Crippen LogP contribution in [0.2, 0.25) is 0 Å². The second-order valence-electron chi connectivity index (χ2n) is 5.30. The molecule has 0 fully saturated rings. The van der Waals surface area contributed by atoms with Crippen molar-refractivity contribution < 1.29 is 9.59 Å². The van der Waals surface area contributed by atoms with Crippen molar-refractivity contribution in [1.29, 1.82) is 0 Å². The topological polar surface area (TPSA) is 34.1 Å². The minimum absolute atomic E-state index is 0.151. The van der Waals surface area contributed by atoms with Crippen LogP contribution in [0.4, 0.5) is 0 Å². The summed E-state index contributed by atoms with van der Waals surface area (Å²) in [5.74, 6) is -0.301. The van der Waals surface area contributed by atoms with Gasteiger partial charge < -0.3 is 0 Å². The molecular formula is C17H14I2O2. The Kier molecular flexibility index (Phi) is 5.19. The lowest BCUT2D eigenvalue weighted by Crippen LogP contribution is -2.33. The van der Waals surface area contributed by atoms with E-state index in [0.29, 0.717) is 11.1 Å². The number of benzene rings is 2. The van der Waals surface area contributed by atoms with Gasteiger partial charge in [0.1, 0.15) is 0 Å². The van der Waals surface area contributed by atoms with E-state index in [1.165, 1.54) is 0 Å². The first-order valence-electron chi connectivity index (χ1n) is 6.43. The highest BCUT2D eigenvalue weighted by atomic mass is 127. The van der Waals surface area contributed by atoms with Crippen LogP contribution in [0, 0.1) is 12.6 Å². The zero-order valence-electron chi connectivity index (χ0n) is 11.7. The van der Waals surface area contributed by atoms with Crippen molar-refractivity contribution >= 4 is 56.7 Å². The van der Waals surface area contributed by atoms with Crippen LogP contribution >= 0.6 is 45.2 Å². The van der Waals surface area contributed by atoms with Crippen LogP contribution in [0.15, 0.2) is 48.5 Å². The van der Waals surface area contributed by atoms with Crippen LogP contribution in [0.3, 0.4) is 0 Å². The van der Waals surface area contributed by atoms with Crippen molar-refractivity contribution in [3.8, 4) is 0 Å². The fraction of sp³-hybridized carbons (Fsp3) is 0.176. The van der Waals surface area contributed by atoms with Gasteiger partial charge in [0.05, 0.1) is 5.41 Å². The molecule has 0 heterocycles. The number of halogens is 2. The molecule has 0 radical (unpaired) electrons. The first-order valence-corrected chi connectivity index (χ1v) is 8.59. The highest BCUT2D eigenvalue weighted by Gasteiger charge is 2.36. The van der Waals surface area contributed by atoms with Gasteiger partial charge in [-0.05, 0) is 83.3 Å². The molecule has 108 valence electrons. The summed E-state index contributed by atoms with van der Waals surface area (Å²) in [5, 5.41) is 0. The van der Waals surface area contributed by atoms with Gasteiger partial charge in [-0.3, -0.25) is 9.59 Å². The molecular weight excluding hydrogens is 490 g/mol. The molecule has 0 amide bonds. The summed E-state index contributed by atoms with van der Waals surface area (Å²) < 4.78 is 2.12. The van der Waals surface area contributed by atoms with Gasteiger partial charge in [0, 0.05) is 18.3 Å². The lowest BCUT2D eigenvalue weighted by molar-refractivity contribution is 0.0711. The first kappa shape index (κ1) is 16.6. The summed E-state index contributed by atoms with van der Waals surface area (Å²) in [7, 11) is 0. The average molecular weight is 504 g/mol. The Bertz CT molecular complexity index is 611. The SMILES string of the molecule is CC(C)(C(=O)c1ccc(I)cc1)C(=O)c1ccc(I)cc1.